The maximum absolute atomic E-state index is 6.41. The molecule has 2 aromatic rings. The first kappa shape index (κ1) is 11.7. The number of benzene rings is 1. The second kappa shape index (κ2) is 5.07. The molecule has 1 aliphatic rings. The Balaban J connectivity index is 1.78. The Morgan fingerprint density at radius 2 is 2.11 bits per heavy atom. The monoisotopic (exact) mass is 261 g/mol. The highest BCUT2D eigenvalue weighted by molar-refractivity contribution is 6.20. The second-order valence-corrected chi connectivity index (χ2v) is 5.19. The quantitative estimate of drug-likeness (QED) is 0.776. The van der Waals surface area contributed by atoms with E-state index in [4.69, 9.17) is 16.0 Å². The van der Waals surface area contributed by atoms with Crippen LogP contribution < -0.4 is 4.90 Å². The number of rotatable bonds is 3. The van der Waals surface area contributed by atoms with Gasteiger partial charge in [0, 0.05) is 18.8 Å². The van der Waals surface area contributed by atoms with Gasteiger partial charge in [0.05, 0.1) is 6.26 Å². The van der Waals surface area contributed by atoms with Gasteiger partial charge in [0.2, 0.25) is 0 Å². The summed E-state index contributed by atoms with van der Waals surface area (Å²) in [7, 11) is 0. The molecule has 94 valence electrons. The van der Waals surface area contributed by atoms with Crippen molar-refractivity contribution in [2.24, 2.45) is 0 Å². The fraction of sp³-hybridized carbons (Fsp3) is 0.333. The number of aryl methyl sites for hydroxylation is 1. The molecular formula is C15H16ClNO. The highest BCUT2D eigenvalue weighted by atomic mass is 35.5. The van der Waals surface area contributed by atoms with Gasteiger partial charge in [0.25, 0.3) is 0 Å². The molecule has 1 aromatic heterocycles. The van der Waals surface area contributed by atoms with E-state index in [9.17, 15) is 0 Å². The molecule has 0 radical (unpaired) electrons. The topological polar surface area (TPSA) is 16.4 Å². The highest BCUT2D eigenvalue weighted by Gasteiger charge is 2.20. The number of fused-ring (bicyclic) bond motifs is 1. The molecule has 1 atom stereocenters. The smallest absolute Gasteiger partial charge is 0.123 e. The Kier molecular flexibility index (Phi) is 3.28. The van der Waals surface area contributed by atoms with Crippen molar-refractivity contribution in [1.29, 1.82) is 0 Å². The molecule has 0 fully saturated rings. The lowest BCUT2D eigenvalue weighted by atomic mass is 10.0. The first-order chi connectivity index (χ1) is 8.84. The van der Waals surface area contributed by atoms with E-state index in [0.29, 0.717) is 0 Å². The largest absolute Gasteiger partial charge is 0.468 e. The van der Waals surface area contributed by atoms with Crippen LogP contribution in [0.3, 0.4) is 0 Å². The van der Waals surface area contributed by atoms with Crippen molar-refractivity contribution in [3.05, 3.63) is 54.0 Å². The van der Waals surface area contributed by atoms with Crippen LogP contribution in [0, 0.1) is 0 Å². The fourth-order valence-electron chi connectivity index (χ4n) is 2.55. The van der Waals surface area contributed by atoms with Crippen LogP contribution >= 0.6 is 11.6 Å². The summed E-state index contributed by atoms with van der Waals surface area (Å²) >= 11 is 6.41. The molecule has 0 spiro atoms. The van der Waals surface area contributed by atoms with Crippen LogP contribution in [0.1, 0.15) is 23.1 Å². The number of hydrogen-bond acceptors (Lipinski definition) is 2. The van der Waals surface area contributed by atoms with Gasteiger partial charge in [0.15, 0.2) is 0 Å². The van der Waals surface area contributed by atoms with Crippen LogP contribution in [-0.4, -0.2) is 13.1 Å². The number of hydrogen-bond donors (Lipinski definition) is 0. The van der Waals surface area contributed by atoms with E-state index in [1.54, 1.807) is 6.26 Å². The maximum atomic E-state index is 6.41. The maximum Gasteiger partial charge on any atom is 0.123 e. The number of anilines is 1. The molecule has 2 heterocycles. The number of halogens is 1. The van der Waals surface area contributed by atoms with Crippen LogP contribution in [0.25, 0.3) is 0 Å². The van der Waals surface area contributed by atoms with Crippen molar-refractivity contribution < 1.29 is 4.42 Å². The third kappa shape index (κ3) is 2.25. The molecule has 1 aromatic carbocycles. The lowest BCUT2D eigenvalue weighted by Gasteiger charge is -2.32. The zero-order valence-corrected chi connectivity index (χ0v) is 10.9. The summed E-state index contributed by atoms with van der Waals surface area (Å²) < 4.78 is 5.37. The standard InChI is InChI=1S/C15H16ClNO/c16-13(15-8-4-10-18-15)11-17-9-3-6-12-5-1-2-7-14(12)17/h1-2,4-5,7-8,10,13H,3,6,9,11H2. The van der Waals surface area contributed by atoms with Gasteiger partial charge in [-0.15, -0.1) is 11.6 Å². The van der Waals surface area contributed by atoms with Crippen LogP contribution in [0.2, 0.25) is 0 Å². The lowest BCUT2D eigenvalue weighted by molar-refractivity contribution is 0.498. The summed E-state index contributed by atoms with van der Waals surface area (Å²) in [5.74, 6) is 0.847. The minimum Gasteiger partial charge on any atom is -0.468 e. The van der Waals surface area contributed by atoms with Gasteiger partial charge in [-0.2, -0.15) is 0 Å². The molecule has 18 heavy (non-hydrogen) atoms. The molecule has 3 heteroatoms. The molecule has 0 saturated heterocycles. The average Bonchev–Trinajstić information content (AvgIpc) is 2.93. The van der Waals surface area contributed by atoms with Gasteiger partial charge < -0.3 is 9.32 Å². The summed E-state index contributed by atoms with van der Waals surface area (Å²) in [6, 6.07) is 12.4. The van der Waals surface area contributed by atoms with Crippen LogP contribution in [-0.2, 0) is 6.42 Å². The Morgan fingerprint density at radius 3 is 2.94 bits per heavy atom. The molecule has 2 nitrogen and oxygen atoms in total. The minimum atomic E-state index is -0.0915. The Bertz CT molecular complexity index is 509. The van der Waals surface area contributed by atoms with Crippen molar-refractivity contribution in [2.45, 2.75) is 18.2 Å². The highest BCUT2D eigenvalue weighted by Crippen LogP contribution is 2.30. The van der Waals surface area contributed by atoms with Crippen LogP contribution in [0.5, 0.6) is 0 Å². The molecule has 0 saturated carbocycles. The Hall–Kier alpha value is -1.41. The van der Waals surface area contributed by atoms with Crippen molar-refractivity contribution in [3.8, 4) is 0 Å². The normalized spacial score (nSPS) is 16.4. The zero-order valence-electron chi connectivity index (χ0n) is 10.2. The molecule has 3 rings (SSSR count). The SMILES string of the molecule is ClC(CN1CCCc2ccccc21)c1ccco1. The van der Waals surface area contributed by atoms with Crippen LogP contribution in [0.4, 0.5) is 5.69 Å². The van der Waals surface area contributed by atoms with Gasteiger partial charge in [-0.25, -0.2) is 0 Å². The van der Waals surface area contributed by atoms with Gasteiger partial charge in [-0.3, -0.25) is 0 Å². The molecule has 0 amide bonds. The predicted molar refractivity (Wildman–Crippen MR) is 74.3 cm³/mol. The van der Waals surface area contributed by atoms with E-state index < -0.39 is 0 Å². The van der Waals surface area contributed by atoms with Crippen molar-refractivity contribution in [2.75, 3.05) is 18.0 Å². The first-order valence-corrected chi connectivity index (χ1v) is 6.78. The van der Waals surface area contributed by atoms with Crippen molar-refractivity contribution >= 4 is 17.3 Å². The van der Waals surface area contributed by atoms with Gasteiger partial charge in [-0.1, -0.05) is 18.2 Å². The molecule has 1 unspecified atom stereocenters. The Labute approximate surface area is 112 Å². The van der Waals surface area contributed by atoms with Gasteiger partial charge >= 0.3 is 0 Å². The summed E-state index contributed by atoms with van der Waals surface area (Å²) in [5, 5.41) is -0.0915. The molecular weight excluding hydrogens is 246 g/mol. The van der Waals surface area contributed by atoms with E-state index in [2.05, 4.69) is 29.2 Å². The number of nitrogens with zero attached hydrogens (tertiary/aromatic N) is 1. The Morgan fingerprint density at radius 1 is 1.22 bits per heavy atom. The second-order valence-electron chi connectivity index (χ2n) is 4.66. The molecule has 0 aliphatic carbocycles. The zero-order chi connectivity index (χ0) is 12.4. The summed E-state index contributed by atoms with van der Waals surface area (Å²) in [6.07, 6.45) is 4.04. The summed E-state index contributed by atoms with van der Waals surface area (Å²) in [4.78, 5) is 2.36. The summed E-state index contributed by atoms with van der Waals surface area (Å²) in [5.41, 5.74) is 2.74. The van der Waals surface area contributed by atoms with Gasteiger partial charge in [-0.05, 0) is 36.6 Å². The van der Waals surface area contributed by atoms with Crippen LogP contribution in [0.15, 0.2) is 47.1 Å². The predicted octanol–water partition coefficient (Wildman–Crippen LogP) is 4.01. The van der Waals surface area contributed by atoms with E-state index in [1.807, 2.05) is 12.1 Å². The molecule has 0 bridgehead atoms. The lowest BCUT2D eigenvalue weighted by Crippen LogP contribution is -2.32. The first-order valence-electron chi connectivity index (χ1n) is 6.35. The van der Waals surface area contributed by atoms with E-state index in [-0.39, 0.29) is 5.38 Å². The average molecular weight is 262 g/mol. The molecule has 0 N–H and O–H groups in total. The van der Waals surface area contributed by atoms with E-state index in [0.717, 1.165) is 18.8 Å². The minimum absolute atomic E-state index is 0.0915. The van der Waals surface area contributed by atoms with Gasteiger partial charge in [0.1, 0.15) is 11.1 Å². The van der Waals surface area contributed by atoms with E-state index >= 15 is 0 Å². The fourth-order valence-corrected chi connectivity index (χ4v) is 2.84. The summed E-state index contributed by atoms with van der Waals surface area (Å²) in [6.45, 7) is 1.87. The number of para-hydroxylation sites is 1. The third-order valence-corrected chi connectivity index (χ3v) is 3.79. The number of alkyl halides is 1. The number of furan rings is 1. The van der Waals surface area contributed by atoms with Crippen molar-refractivity contribution in [1.82, 2.24) is 0 Å². The van der Waals surface area contributed by atoms with E-state index in [1.165, 1.54) is 24.1 Å². The third-order valence-electron chi connectivity index (χ3n) is 3.44. The van der Waals surface area contributed by atoms with Crippen molar-refractivity contribution in [3.63, 3.8) is 0 Å². The molecule has 1 aliphatic heterocycles.